The SMILES string of the molecule is CCN(CC)c1ccc2c(-c3c(Cl)cccc3Cl)c3ccc(=[N+](C)C)cc-3oc2c1. The summed E-state index contributed by atoms with van der Waals surface area (Å²) in [5.74, 6) is 0.802. The molecule has 0 fully saturated rings. The van der Waals surface area contributed by atoms with Crippen molar-refractivity contribution in [3.63, 3.8) is 0 Å². The number of hydrogen-bond acceptors (Lipinski definition) is 2. The van der Waals surface area contributed by atoms with Crippen molar-refractivity contribution < 1.29 is 4.42 Å². The van der Waals surface area contributed by atoms with Crippen molar-refractivity contribution in [2.75, 3.05) is 32.1 Å². The van der Waals surface area contributed by atoms with E-state index in [0.29, 0.717) is 10.0 Å². The fraction of sp³-hybridized carbons (Fsp3) is 0.240. The van der Waals surface area contributed by atoms with Crippen LogP contribution in [0.4, 0.5) is 5.69 Å². The first-order valence-electron chi connectivity index (χ1n) is 10.1. The summed E-state index contributed by atoms with van der Waals surface area (Å²) in [5.41, 5.74) is 4.76. The Bertz CT molecular complexity index is 1250. The van der Waals surface area contributed by atoms with E-state index in [9.17, 15) is 0 Å². The molecule has 0 saturated carbocycles. The Kier molecular flexibility index (Phi) is 5.77. The van der Waals surface area contributed by atoms with Gasteiger partial charge in [-0.1, -0.05) is 29.3 Å². The van der Waals surface area contributed by atoms with Crippen LogP contribution in [0.2, 0.25) is 10.0 Å². The maximum absolute atomic E-state index is 6.64. The first-order chi connectivity index (χ1) is 14.4. The van der Waals surface area contributed by atoms with E-state index in [-0.39, 0.29) is 0 Å². The second-order valence-electron chi connectivity index (χ2n) is 7.50. The Morgan fingerprint density at radius 2 is 1.57 bits per heavy atom. The summed E-state index contributed by atoms with van der Waals surface area (Å²) in [5, 5.41) is 3.31. The summed E-state index contributed by atoms with van der Waals surface area (Å²) in [6.45, 7) is 6.18. The molecule has 0 bridgehead atoms. The third kappa shape index (κ3) is 3.57. The molecule has 4 rings (SSSR count). The lowest BCUT2D eigenvalue weighted by Crippen LogP contribution is -2.21. The number of halogens is 2. The predicted octanol–water partition coefficient (Wildman–Crippen LogP) is 6.39. The Hall–Kier alpha value is -2.49. The number of rotatable bonds is 4. The van der Waals surface area contributed by atoms with Gasteiger partial charge in [-0.3, -0.25) is 0 Å². The zero-order chi connectivity index (χ0) is 21.4. The third-order valence-corrected chi connectivity index (χ3v) is 6.18. The molecular weight excluding hydrogens is 415 g/mol. The summed E-state index contributed by atoms with van der Waals surface area (Å²) in [7, 11) is 4.04. The van der Waals surface area contributed by atoms with Gasteiger partial charge in [0, 0.05) is 63.0 Å². The van der Waals surface area contributed by atoms with Crippen LogP contribution in [0.15, 0.2) is 59.0 Å². The molecule has 5 heteroatoms. The van der Waals surface area contributed by atoms with Crippen LogP contribution in [0.3, 0.4) is 0 Å². The molecule has 0 unspecified atom stereocenters. The van der Waals surface area contributed by atoms with Crippen molar-refractivity contribution in [2.45, 2.75) is 13.8 Å². The van der Waals surface area contributed by atoms with Crippen LogP contribution in [0.5, 0.6) is 0 Å². The molecule has 3 nitrogen and oxygen atoms in total. The number of nitrogens with zero attached hydrogens (tertiary/aromatic N) is 2. The summed E-state index contributed by atoms with van der Waals surface area (Å²) >= 11 is 13.3. The highest BCUT2D eigenvalue weighted by Gasteiger charge is 2.22. The van der Waals surface area contributed by atoms with E-state index in [4.69, 9.17) is 27.6 Å². The highest BCUT2D eigenvalue weighted by molar-refractivity contribution is 6.40. The molecule has 0 atom stereocenters. The lowest BCUT2D eigenvalue weighted by Gasteiger charge is -2.22. The van der Waals surface area contributed by atoms with Gasteiger partial charge in [-0.2, -0.15) is 0 Å². The maximum Gasteiger partial charge on any atom is 0.203 e. The summed E-state index contributed by atoms with van der Waals surface area (Å²) in [4.78, 5) is 2.30. The maximum atomic E-state index is 6.64. The molecule has 0 N–H and O–H groups in total. The second-order valence-corrected chi connectivity index (χ2v) is 8.32. The summed E-state index contributed by atoms with van der Waals surface area (Å²) in [6, 6.07) is 18.2. The molecular formula is C25H25Cl2N2O+. The van der Waals surface area contributed by atoms with Crippen LogP contribution >= 0.6 is 23.2 Å². The minimum Gasteiger partial charge on any atom is -0.456 e. The molecule has 30 heavy (non-hydrogen) atoms. The normalized spacial score (nSPS) is 11.3. The molecule has 2 aromatic rings. The molecule has 2 aromatic carbocycles. The molecule has 0 spiro atoms. The minimum atomic E-state index is 0.626. The van der Waals surface area contributed by atoms with Gasteiger partial charge in [0.2, 0.25) is 5.36 Å². The lowest BCUT2D eigenvalue weighted by molar-refractivity contribution is 0.617. The molecule has 0 aromatic heterocycles. The molecule has 0 amide bonds. The molecule has 154 valence electrons. The van der Waals surface area contributed by atoms with Crippen LogP contribution in [-0.4, -0.2) is 27.2 Å². The summed E-state index contributed by atoms with van der Waals surface area (Å²) in [6.07, 6.45) is 0. The number of anilines is 1. The zero-order valence-electron chi connectivity index (χ0n) is 17.7. The molecule has 0 radical (unpaired) electrons. The quantitative estimate of drug-likeness (QED) is 0.271. The highest BCUT2D eigenvalue weighted by atomic mass is 35.5. The van der Waals surface area contributed by atoms with Gasteiger partial charge in [-0.05, 0) is 44.2 Å². The lowest BCUT2D eigenvalue weighted by atomic mass is 9.93. The van der Waals surface area contributed by atoms with Crippen LogP contribution in [-0.2, 0) is 0 Å². The van der Waals surface area contributed by atoms with Gasteiger partial charge in [0.25, 0.3) is 0 Å². The first kappa shape index (κ1) is 20.8. The number of hydrogen-bond donors (Lipinski definition) is 0. The zero-order valence-corrected chi connectivity index (χ0v) is 19.2. The second kappa shape index (κ2) is 8.33. The van der Waals surface area contributed by atoms with Crippen molar-refractivity contribution >= 4 is 39.9 Å². The Morgan fingerprint density at radius 3 is 2.20 bits per heavy atom. The molecule has 2 aliphatic rings. The topological polar surface area (TPSA) is 19.4 Å². The average molecular weight is 440 g/mol. The van der Waals surface area contributed by atoms with Gasteiger partial charge in [0.05, 0.1) is 6.07 Å². The van der Waals surface area contributed by atoms with Gasteiger partial charge in [0.15, 0.2) is 0 Å². The van der Waals surface area contributed by atoms with E-state index in [2.05, 4.69) is 59.7 Å². The van der Waals surface area contributed by atoms with E-state index >= 15 is 0 Å². The van der Waals surface area contributed by atoms with Crippen LogP contribution in [0.1, 0.15) is 13.8 Å². The van der Waals surface area contributed by atoms with Gasteiger partial charge in [-0.15, -0.1) is 0 Å². The first-order valence-corrected chi connectivity index (χ1v) is 10.9. The third-order valence-electron chi connectivity index (χ3n) is 5.55. The molecule has 1 heterocycles. The summed E-state index contributed by atoms with van der Waals surface area (Å²) < 4.78 is 8.48. The van der Waals surface area contributed by atoms with E-state index in [0.717, 1.165) is 57.6 Å². The van der Waals surface area contributed by atoms with E-state index in [1.807, 2.05) is 32.3 Å². The van der Waals surface area contributed by atoms with Crippen molar-refractivity contribution in [1.29, 1.82) is 0 Å². The average Bonchev–Trinajstić information content (AvgIpc) is 2.73. The van der Waals surface area contributed by atoms with Crippen LogP contribution in [0, 0.1) is 0 Å². The number of benzene rings is 3. The largest absolute Gasteiger partial charge is 0.456 e. The van der Waals surface area contributed by atoms with Crippen molar-refractivity contribution in [3.8, 4) is 22.5 Å². The predicted molar refractivity (Wildman–Crippen MR) is 129 cm³/mol. The Labute approximate surface area is 187 Å². The van der Waals surface area contributed by atoms with Crippen molar-refractivity contribution in [2.24, 2.45) is 0 Å². The fourth-order valence-electron chi connectivity index (χ4n) is 3.94. The van der Waals surface area contributed by atoms with Crippen LogP contribution in [0.25, 0.3) is 33.4 Å². The van der Waals surface area contributed by atoms with Gasteiger partial charge >= 0.3 is 0 Å². The Balaban J connectivity index is 2.15. The van der Waals surface area contributed by atoms with Crippen LogP contribution < -0.4 is 14.8 Å². The minimum absolute atomic E-state index is 0.626. The molecule has 1 aliphatic carbocycles. The highest BCUT2D eigenvalue weighted by Crippen LogP contribution is 2.45. The molecule has 0 saturated heterocycles. The van der Waals surface area contributed by atoms with E-state index < -0.39 is 0 Å². The fourth-order valence-corrected chi connectivity index (χ4v) is 4.52. The number of fused-ring (bicyclic) bond motifs is 2. The van der Waals surface area contributed by atoms with Gasteiger partial charge < -0.3 is 9.32 Å². The smallest absolute Gasteiger partial charge is 0.203 e. The standard InChI is InChI=1S/C25H25Cl2N2O/c1-5-29(6-2)17-11-13-19-23(15-17)30-22-14-16(28(3)4)10-12-18(22)24(19)25-20(26)8-7-9-21(25)27/h7-15H,5-6H2,1-4H3/q+1. The molecule has 1 aliphatic heterocycles. The Morgan fingerprint density at radius 1 is 0.867 bits per heavy atom. The van der Waals surface area contributed by atoms with Gasteiger partial charge in [-0.25, -0.2) is 4.58 Å². The van der Waals surface area contributed by atoms with E-state index in [1.165, 1.54) is 0 Å². The van der Waals surface area contributed by atoms with Crippen molar-refractivity contribution in [1.82, 2.24) is 4.58 Å². The van der Waals surface area contributed by atoms with Crippen molar-refractivity contribution in [3.05, 3.63) is 70.0 Å². The monoisotopic (exact) mass is 439 g/mol. The van der Waals surface area contributed by atoms with E-state index in [1.54, 1.807) is 0 Å². The van der Waals surface area contributed by atoms with Gasteiger partial charge in [0.1, 0.15) is 25.4 Å².